The molecule has 0 radical (unpaired) electrons. The van der Waals surface area contributed by atoms with Crippen molar-refractivity contribution in [2.45, 2.75) is 17.6 Å². The van der Waals surface area contributed by atoms with Gasteiger partial charge in [0.05, 0.1) is 29.8 Å². The van der Waals surface area contributed by atoms with Crippen molar-refractivity contribution in [1.29, 1.82) is 0 Å². The maximum atomic E-state index is 12.9. The molecular weight excluding hydrogens is 400 g/mol. The van der Waals surface area contributed by atoms with Gasteiger partial charge in [0.2, 0.25) is 0 Å². The number of aromatic amines is 1. The molecule has 0 spiro atoms. The minimum atomic E-state index is -0.232. The van der Waals surface area contributed by atoms with E-state index in [1.807, 2.05) is 55.5 Å². The van der Waals surface area contributed by atoms with E-state index in [0.717, 1.165) is 33.4 Å². The molecule has 8 heteroatoms. The number of carbonyl (C=O) groups is 1. The van der Waals surface area contributed by atoms with E-state index in [0.29, 0.717) is 17.1 Å². The third kappa shape index (κ3) is 4.38. The van der Waals surface area contributed by atoms with Crippen LogP contribution in [0.25, 0.3) is 11.3 Å². The number of carbonyl (C=O) groups excluding carboxylic acids is 1. The Morgan fingerprint density at radius 1 is 1.17 bits per heavy atom. The first-order chi connectivity index (χ1) is 14.6. The Bertz CT molecular complexity index is 1170. The Balaban J connectivity index is 1.49. The average molecular weight is 420 g/mol. The summed E-state index contributed by atoms with van der Waals surface area (Å²) in [6.45, 7) is 1.88. The van der Waals surface area contributed by atoms with Crippen LogP contribution in [0.3, 0.4) is 0 Å². The summed E-state index contributed by atoms with van der Waals surface area (Å²) in [6.07, 6.45) is 0. The zero-order valence-corrected chi connectivity index (χ0v) is 17.3. The molecule has 2 aromatic carbocycles. The highest BCUT2D eigenvalue weighted by Gasteiger charge is 2.15. The first kappa shape index (κ1) is 19.8. The van der Waals surface area contributed by atoms with Crippen LogP contribution in [0.15, 0.2) is 70.1 Å². The van der Waals surface area contributed by atoms with Crippen LogP contribution in [0.2, 0.25) is 0 Å². The van der Waals surface area contributed by atoms with E-state index in [-0.39, 0.29) is 5.91 Å². The standard InChI is InChI=1S/C22H20N4O3S/c1-14-11-15(29-26-14)13-30-20-10-6-4-8-17(20)22(27)23-21-12-18(24-25-21)16-7-3-5-9-19(16)28-2/h3-12H,13H2,1-2H3,(H2,23,24,25,27). The maximum Gasteiger partial charge on any atom is 0.257 e. The van der Waals surface area contributed by atoms with Gasteiger partial charge >= 0.3 is 0 Å². The molecule has 0 saturated carbocycles. The van der Waals surface area contributed by atoms with Crippen molar-refractivity contribution in [3.05, 3.63) is 77.7 Å². The topological polar surface area (TPSA) is 93.0 Å². The summed E-state index contributed by atoms with van der Waals surface area (Å²) in [6, 6.07) is 18.7. The first-order valence-corrected chi connectivity index (χ1v) is 10.3. The zero-order valence-electron chi connectivity index (χ0n) is 16.5. The molecule has 0 atom stereocenters. The number of hydrogen-bond acceptors (Lipinski definition) is 6. The van der Waals surface area contributed by atoms with Gasteiger partial charge in [0.1, 0.15) is 11.5 Å². The normalized spacial score (nSPS) is 10.7. The fraction of sp³-hybridized carbons (Fsp3) is 0.136. The number of aromatic nitrogens is 3. The van der Waals surface area contributed by atoms with Crippen LogP contribution < -0.4 is 10.1 Å². The molecule has 0 unspecified atom stereocenters. The molecule has 7 nitrogen and oxygen atoms in total. The molecule has 4 rings (SSSR count). The Morgan fingerprint density at radius 2 is 1.97 bits per heavy atom. The smallest absolute Gasteiger partial charge is 0.257 e. The van der Waals surface area contributed by atoms with E-state index in [1.165, 1.54) is 11.8 Å². The minimum absolute atomic E-state index is 0.232. The molecule has 2 N–H and O–H groups in total. The van der Waals surface area contributed by atoms with E-state index in [2.05, 4.69) is 20.7 Å². The second-order valence-corrected chi connectivity index (χ2v) is 7.56. The average Bonchev–Trinajstić information content (AvgIpc) is 3.41. The number of methoxy groups -OCH3 is 1. The number of benzene rings is 2. The van der Waals surface area contributed by atoms with Crippen LogP contribution in [0, 0.1) is 6.92 Å². The van der Waals surface area contributed by atoms with E-state index < -0.39 is 0 Å². The molecule has 0 aliphatic heterocycles. The van der Waals surface area contributed by atoms with Crippen LogP contribution in [-0.4, -0.2) is 28.4 Å². The van der Waals surface area contributed by atoms with Gasteiger partial charge in [0, 0.05) is 22.6 Å². The van der Waals surface area contributed by atoms with Gasteiger partial charge in [-0.3, -0.25) is 9.89 Å². The Hall–Kier alpha value is -3.52. The van der Waals surface area contributed by atoms with Gasteiger partial charge < -0.3 is 14.6 Å². The lowest BCUT2D eigenvalue weighted by Gasteiger charge is -2.08. The number of ether oxygens (including phenoxy) is 1. The predicted octanol–water partition coefficient (Wildman–Crippen LogP) is 4.93. The number of nitrogens with one attached hydrogen (secondary N) is 2. The lowest BCUT2D eigenvalue weighted by molar-refractivity contribution is 0.102. The number of para-hydroxylation sites is 1. The van der Waals surface area contributed by atoms with Gasteiger partial charge in [0.25, 0.3) is 5.91 Å². The summed E-state index contributed by atoms with van der Waals surface area (Å²) in [5.41, 5.74) is 3.03. The van der Waals surface area contributed by atoms with Gasteiger partial charge in [-0.15, -0.1) is 11.8 Å². The van der Waals surface area contributed by atoms with Crippen molar-refractivity contribution in [3.8, 4) is 17.0 Å². The number of aryl methyl sites for hydroxylation is 1. The molecule has 2 aromatic heterocycles. The SMILES string of the molecule is COc1ccccc1-c1cc(NC(=O)c2ccccc2SCc2cc(C)no2)n[nH]1. The van der Waals surface area contributed by atoms with Crippen molar-refractivity contribution in [1.82, 2.24) is 15.4 Å². The third-order valence-corrected chi connectivity index (χ3v) is 5.49. The summed E-state index contributed by atoms with van der Waals surface area (Å²) < 4.78 is 10.6. The van der Waals surface area contributed by atoms with Crippen molar-refractivity contribution in [2.24, 2.45) is 0 Å². The number of hydrogen-bond donors (Lipinski definition) is 2. The molecule has 30 heavy (non-hydrogen) atoms. The molecule has 152 valence electrons. The van der Waals surface area contributed by atoms with Gasteiger partial charge in [-0.1, -0.05) is 29.4 Å². The molecule has 4 aromatic rings. The fourth-order valence-corrected chi connectivity index (χ4v) is 3.91. The molecule has 1 amide bonds. The Labute approximate surface area is 177 Å². The van der Waals surface area contributed by atoms with Gasteiger partial charge in [-0.05, 0) is 31.2 Å². The number of thioether (sulfide) groups is 1. The monoisotopic (exact) mass is 420 g/mol. The van der Waals surface area contributed by atoms with E-state index >= 15 is 0 Å². The Kier molecular flexibility index (Phi) is 5.85. The quantitative estimate of drug-likeness (QED) is 0.412. The second-order valence-electron chi connectivity index (χ2n) is 6.54. The predicted molar refractivity (Wildman–Crippen MR) is 116 cm³/mol. The van der Waals surface area contributed by atoms with Crippen LogP contribution in [0.1, 0.15) is 21.8 Å². The van der Waals surface area contributed by atoms with Gasteiger partial charge in [0.15, 0.2) is 5.82 Å². The lowest BCUT2D eigenvalue weighted by Crippen LogP contribution is -2.13. The van der Waals surface area contributed by atoms with Crippen molar-refractivity contribution >= 4 is 23.5 Å². The largest absolute Gasteiger partial charge is 0.496 e. The molecule has 0 saturated heterocycles. The molecule has 0 aliphatic rings. The van der Waals surface area contributed by atoms with E-state index in [9.17, 15) is 4.79 Å². The van der Waals surface area contributed by atoms with E-state index in [1.54, 1.807) is 19.2 Å². The number of H-pyrrole nitrogens is 1. The maximum absolute atomic E-state index is 12.9. The molecular formula is C22H20N4O3S. The van der Waals surface area contributed by atoms with Gasteiger partial charge in [-0.25, -0.2) is 0 Å². The van der Waals surface area contributed by atoms with Crippen LogP contribution in [-0.2, 0) is 5.75 Å². The highest BCUT2D eigenvalue weighted by atomic mass is 32.2. The summed E-state index contributed by atoms with van der Waals surface area (Å²) in [4.78, 5) is 13.7. The van der Waals surface area contributed by atoms with Crippen molar-refractivity contribution in [2.75, 3.05) is 12.4 Å². The third-order valence-electron chi connectivity index (χ3n) is 4.39. The minimum Gasteiger partial charge on any atom is -0.496 e. The highest BCUT2D eigenvalue weighted by Crippen LogP contribution is 2.30. The highest BCUT2D eigenvalue weighted by molar-refractivity contribution is 7.98. The van der Waals surface area contributed by atoms with Crippen molar-refractivity contribution < 1.29 is 14.1 Å². The molecule has 0 fully saturated rings. The number of amides is 1. The number of nitrogens with zero attached hydrogens (tertiary/aromatic N) is 2. The molecule has 0 aliphatic carbocycles. The fourth-order valence-electron chi connectivity index (χ4n) is 2.99. The first-order valence-electron chi connectivity index (χ1n) is 9.28. The number of anilines is 1. The lowest BCUT2D eigenvalue weighted by atomic mass is 10.1. The second kappa shape index (κ2) is 8.87. The van der Waals surface area contributed by atoms with Crippen molar-refractivity contribution in [3.63, 3.8) is 0 Å². The summed E-state index contributed by atoms with van der Waals surface area (Å²) in [5, 5.41) is 13.9. The van der Waals surface area contributed by atoms with E-state index in [4.69, 9.17) is 9.26 Å². The zero-order chi connectivity index (χ0) is 20.9. The summed E-state index contributed by atoms with van der Waals surface area (Å²) >= 11 is 1.52. The number of rotatable bonds is 7. The van der Waals surface area contributed by atoms with Gasteiger partial charge in [-0.2, -0.15) is 5.10 Å². The van der Waals surface area contributed by atoms with Crippen LogP contribution in [0.4, 0.5) is 5.82 Å². The molecule has 2 heterocycles. The molecule has 0 bridgehead atoms. The summed E-state index contributed by atoms with van der Waals surface area (Å²) in [7, 11) is 1.62. The summed E-state index contributed by atoms with van der Waals surface area (Å²) in [5.74, 6) is 2.28. The van der Waals surface area contributed by atoms with Crippen LogP contribution >= 0.6 is 11.8 Å². The van der Waals surface area contributed by atoms with Crippen LogP contribution in [0.5, 0.6) is 5.75 Å². The Morgan fingerprint density at radius 3 is 2.77 bits per heavy atom.